The molecule has 172 valence electrons. The van der Waals surface area contributed by atoms with Crippen LogP contribution in [0.4, 0.5) is 0 Å². The molecular formula is C25H30O7. The second-order valence-corrected chi connectivity index (χ2v) is 7.35. The van der Waals surface area contributed by atoms with Crippen molar-refractivity contribution in [3.8, 4) is 28.7 Å². The van der Waals surface area contributed by atoms with Gasteiger partial charge in [-0.25, -0.2) is 0 Å². The molecule has 0 saturated heterocycles. The van der Waals surface area contributed by atoms with Gasteiger partial charge in [0.15, 0.2) is 24.1 Å². The zero-order valence-corrected chi connectivity index (χ0v) is 19.4. The van der Waals surface area contributed by atoms with Gasteiger partial charge in [-0.2, -0.15) is 0 Å². The van der Waals surface area contributed by atoms with E-state index in [1.165, 1.54) is 5.57 Å². The molecular weight excluding hydrogens is 412 g/mol. The van der Waals surface area contributed by atoms with Gasteiger partial charge in [0.05, 0.1) is 21.3 Å². The van der Waals surface area contributed by atoms with Crippen LogP contribution in [0.1, 0.15) is 25.0 Å². The molecule has 3 rings (SSSR count). The van der Waals surface area contributed by atoms with E-state index in [1.54, 1.807) is 28.4 Å². The van der Waals surface area contributed by atoms with Crippen molar-refractivity contribution < 1.29 is 33.2 Å². The fraction of sp³-hybridized carbons (Fsp3) is 0.360. The highest BCUT2D eigenvalue weighted by Crippen LogP contribution is 2.43. The molecule has 7 nitrogen and oxygen atoms in total. The second kappa shape index (κ2) is 10.8. The minimum Gasteiger partial charge on any atom is -0.497 e. The fourth-order valence-electron chi connectivity index (χ4n) is 3.27. The van der Waals surface area contributed by atoms with E-state index >= 15 is 0 Å². The summed E-state index contributed by atoms with van der Waals surface area (Å²) in [5, 5.41) is 0. The van der Waals surface area contributed by atoms with Crippen LogP contribution in [0.5, 0.6) is 28.7 Å². The smallest absolute Gasteiger partial charge is 0.188 e. The Balaban J connectivity index is 2.01. The third-order valence-electron chi connectivity index (χ3n) is 4.91. The van der Waals surface area contributed by atoms with E-state index in [4.69, 9.17) is 33.2 Å². The van der Waals surface area contributed by atoms with E-state index in [0.717, 1.165) is 11.1 Å². The maximum atomic E-state index is 6.33. The number of fused-ring (bicyclic) bond motifs is 1. The van der Waals surface area contributed by atoms with Crippen molar-refractivity contribution in [2.75, 3.05) is 41.8 Å². The molecule has 0 spiro atoms. The topological polar surface area (TPSA) is 64.6 Å². The van der Waals surface area contributed by atoms with E-state index in [1.807, 2.05) is 50.3 Å². The van der Waals surface area contributed by atoms with Crippen LogP contribution in [-0.2, 0) is 15.9 Å². The van der Waals surface area contributed by atoms with Gasteiger partial charge in [0.1, 0.15) is 29.6 Å². The van der Waals surface area contributed by atoms with Gasteiger partial charge < -0.3 is 33.2 Å². The summed E-state index contributed by atoms with van der Waals surface area (Å²) in [5.74, 6) is 4.42. The zero-order chi connectivity index (χ0) is 23.1. The predicted octanol–water partition coefficient (Wildman–Crippen LogP) is 4.98. The summed E-state index contributed by atoms with van der Waals surface area (Å²) in [6, 6.07) is 9.26. The van der Waals surface area contributed by atoms with E-state index < -0.39 is 0 Å². The van der Waals surface area contributed by atoms with Gasteiger partial charge in [-0.15, -0.1) is 0 Å². The summed E-state index contributed by atoms with van der Waals surface area (Å²) in [6.45, 7) is 4.62. The minimum atomic E-state index is 0.119. The van der Waals surface area contributed by atoms with Crippen LogP contribution in [0.25, 0.3) is 5.76 Å². The van der Waals surface area contributed by atoms with Gasteiger partial charge in [-0.05, 0) is 38.1 Å². The van der Waals surface area contributed by atoms with Crippen LogP contribution < -0.4 is 23.7 Å². The first-order valence-corrected chi connectivity index (χ1v) is 10.2. The Bertz CT molecular complexity index is 1000. The van der Waals surface area contributed by atoms with Crippen LogP contribution in [0.3, 0.4) is 0 Å². The molecule has 0 saturated carbocycles. The molecule has 32 heavy (non-hydrogen) atoms. The molecule has 0 aliphatic carbocycles. The third-order valence-corrected chi connectivity index (χ3v) is 4.91. The Morgan fingerprint density at radius 2 is 1.69 bits per heavy atom. The molecule has 1 heterocycles. The normalized spacial score (nSPS) is 12.4. The molecule has 1 aliphatic heterocycles. The molecule has 0 aromatic heterocycles. The number of ether oxygens (including phenoxy) is 7. The van der Waals surface area contributed by atoms with Gasteiger partial charge in [0, 0.05) is 36.8 Å². The summed E-state index contributed by atoms with van der Waals surface area (Å²) in [7, 11) is 6.40. The SMILES string of the molecule is COCOc1cc(OCC=C(C)C)c2c(c1)OC(c1ccc(OC)c(OC)c1)=C(OC)C2. The van der Waals surface area contributed by atoms with E-state index in [0.29, 0.717) is 53.3 Å². The number of allylic oxidation sites excluding steroid dienone is 2. The van der Waals surface area contributed by atoms with E-state index in [9.17, 15) is 0 Å². The molecule has 0 bridgehead atoms. The summed E-state index contributed by atoms with van der Waals surface area (Å²) in [6.07, 6.45) is 2.52. The van der Waals surface area contributed by atoms with E-state index in [2.05, 4.69) is 0 Å². The molecule has 0 unspecified atom stereocenters. The molecule has 1 aliphatic rings. The summed E-state index contributed by atoms with van der Waals surface area (Å²) >= 11 is 0. The second-order valence-electron chi connectivity index (χ2n) is 7.35. The standard InChI is InChI=1S/C25H30O7/c1-16(2)9-10-30-21-12-18(31-15-26-3)13-22-19(21)14-24(29-6)25(32-22)17-7-8-20(27-4)23(11-17)28-5/h7-9,11-13H,10,14-15H2,1-6H3. The maximum Gasteiger partial charge on any atom is 0.188 e. The monoisotopic (exact) mass is 442 g/mol. The highest BCUT2D eigenvalue weighted by atomic mass is 16.7. The highest BCUT2D eigenvalue weighted by molar-refractivity contribution is 5.71. The predicted molar refractivity (Wildman–Crippen MR) is 122 cm³/mol. The van der Waals surface area contributed by atoms with Gasteiger partial charge >= 0.3 is 0 Å². The lowest BCUT2D eigenvalue weighted by Gasteiger charge is -2.25. The maximum absolute atomic E-state index is 6.33. The van der Waals surface area contributed by atoms with Gasteiger partial charge in [0.25, 0.3) is 0 Å². The quantitative estimate of drug-likeness (QED) is 0.380. The van der Waals surface area contributed by atoms with Crippen molar-refractivity contribution in [2.45, 2.75) is 20.3 Å². The van der Waals surface area contributed by atoms with Crippen LogP contribution >= 0.6 is 0 Å². The summed E-state index contributed by atoms with van der Waals surface area (Å²) in [4.78, 5) is 0. The average molecular weight is 443 g/mol. The van der Waals surface area contributed by atoms with Crippen LogP contribution in [0.15, 0.2) is 47.7 Å². The Labute approximate surface area is 189 Å². The summed E-state index contributed by atoms with van der Waals surface area (Å²) < 4.78 is 39.6. The van der Waals surface area contributed by atoms with Crippen molar-refractivity contribution >= 4 is 5.76 Å². The molecule has 2 aromatic rings. The molecule has 0 atom stereocenters. The lowest BCUT2D eigenvalue weighted by molar-refractivity contribution is 0.0508. The summed E-state index contributed by atoms with van der Waals surface area (Å²) in [5.41, 5.74) is 2.87. The number of rotatable bonds is 10. The average Bonchev–Trinajstić information content (AvgIpc) is 2.81. The largest absolute Gasteiger partial charge is 0.497 e. The van der Waals surface area contributed by atoms with Crippen molar-refractivity contribution in [3.05, 3.63) is 58.9 Å². The third kappa shape index (κ3) is 5.29. The van der Waals surface area contributed by atoms with Crippen LogP contribution in [0.2, 0.25) is 0 Å². The van der Waals surface area contributed by atoms with Gasteiger partial charge in [-0.3, -0.25) is 0 Å². The lowest BCUT2D eigenvalue weighted by atomic mass is 10.0. The number of benzene rings is 2. The molecule has 0 radical (unpaired) electrons. The molecule has 0 N–H and O–H groups in total. The van der Waals surface area contributed by atoms with Crippen molar-refractivity contribution in [3.63, 3.8) is 0 Å². The minimum absolute atomic E-state index is 0.119. The van der Waals surface area contributed by atoms with E-state index in [-0.39, 0.29) is 6.79 Å². The first-order chi connectivity index (χ1) is 15.5. The Morgan fingerprint density at radius 1 is 0.906 bits per heavy atom. The van der Waals surface area contributed by atoms with Crippen molar-refractivity contribution in [1.82, 2.24) is 0 Å². The highest BCUT2D eigenvalue weighted by Gasteiger charge is 2.27. The lowest BCUT2D eigenvalue weighted by Crippen LogP contribution is -2.13. The van der Waals surface area contributed by atoms with Crippen molar-refractivity contribution in [2.24, 2.45) is 0 Å². The molecule has 2 aromatic carbocycles. The van der Waals surface area contributed by atoms with Crippen LogP contribution in [0, 0.1) is 0 Å². The number of hydrogen-bond acceptors (Lipinski definition) is 7. The number of hydrogen-bond donors (Lipinski definition) is 0. The fourth-order valence-corrected chi connectivity index (χ4v) is 3.27. The zero-order valence-electron chi connectivity index (χ0n) is 19.4. The first-order valence-electron chi connectivity index (χ1n) is 10.2. The van der Waals surface area contributed by atoms with Crippen LogP contribution in [-0.4, -0.2) is 41.8 Å². The number of methoxy groups -OCH3 is 4. The Hall–Kier alpha value is -3.32. The first kappa shape index (κ1) is 23.3. The molecule has 0 fully saturated rings. The van der Waals surface area contributed by atoms with Gasteiger partial charge in [-0.1, -0.05) is 5.57 Å². The van der Waals surface area contributed by atoms with Gasteiger partial charge in [0.2, 0.25) is 0 Å². The molecule has 0 amide bonds. The molecule has 7 heteroatoms. The van der Waals surface area contributed by atoms with Crippen molar-refractivity contribution in [1.29, 1.82) is 0 Å². The Kier molecular flexibility index (Phi) is 7.89. The Morgan fingerprint density at radius 3 is 2.34 bits per heavy atom.